The lowest BCUT2D eigenvalue weighted by atomic mass is 9.85. The number of amides is 1. The second kappa shape index (κ2) is 9.25. The fourth-order valence-corrected chi connectivity index (χ4v) is 5.01. The van der Waals surface area contributed by atoms with E-state index in [0.717, 1.165) is 38.2 Å². The molecular formula is C23H28ClF2N3O2. The number of rotatable bonds is 6. The molecule has 1 aromatic heterocycles. The topological polar surface area (TPSA) is 65.5 Å². The Labute approximate surface area is 185 Å². The van der Waals surface area contributed by atoms with Crippen molar-refractivity contribution in [2.24, 2.45) is 11.8 Å². The quantitative estimate of drug-likeness (QED) is 0.670. The van der Waals surface area contributed by atoms with Gasteiger partial charge < -0.3 is 15.3 Å². The molecule has 2 aliphatic rings. The Kier molecular flexibility index (Phi) is 6.63. The minimum atomic E-state index is -2.74. The summed E-state index contributed by atoms with van der Waals surface area (Å²) >= 11 is 6.33. The number of benzene rings is 1. The van der Waals surface area contributed by atoms with Crippen molar-refractivity contribution in [2.75, 3.05) is 31.1 Å². The maximum Gasteiger partial charge on any atom is 0.253 e. The summed E-state index contributed by atoms with van der Waals surface area (Å²) < 4.78 is 28.2. The Morgan fingerprint density at radius 3 is 2.87 bits per heavy atom. The van der Waals surface area contributed by atoms with Crippen molar-refractivity contribution < 1.29 is 18.7 Å². The summed E-state index contributed by atoms with van der Waals surface area (Å²) in [5, 5.41) is 12.7. The number of anilines is 1. The molecule has 1 aliphatic heterocycles. The van der Waals surface area contributed by atoms with Crippen LogP contribution >= 0.6 is 11.6 Å². The van der Waals surface area contributed by atoms with Gasteiger partial charge in [0.05, 0.1) is 16.1 Å². The fraction of sp³-hybridized carbons (Fsp3) is 0.565. The highest BCUT2D eigenvalue weighted by Crippen LogP contribution is 2.38. The van der Waals surface area contributed by atoms with E-state index in [4.69, 9.17) is 21.7 Å². The van der Waals surface area contributed by atoms with Gasteiger partial charge in [-0.2, -0.15) is 0 Å². The second-order valence-corrected chi connectivity index (χ2v) is 9.09. The number of hydrogen-bond donors (Lipinski definition) is 2. The molecule has 2 aromatic rings. The van der Waals surface area contributed by atoms with Gasteiger partial charge in [0.25, 0.3) is 11.8 Å². The molecule has 2 heterocycles. The zero-order chi connectivity index (χ0) is 22.0. The lowest BCUT2D eigenvalue weighted by Gasteiger charge is -2.31. The van der Waals surface area contributed by atoms with Gasteiger partial charge in [0, 0.05) is 44.0 Å². The number of fused-ring (bicyclic) bond motifs is 1. The van der Waals surface area contributed by atoms with Crippen molar-refractivity contribution >= 4 is 34.2 Å². The van der Waals surface area contributed by atoms with E-state index in [9.17, 15) is 13.6 Å². The molecule has 1 saturated heterocycles. The number of alkyl halides is 2. The van der Waals surface area contributed by atoms with E-state index in [2.05, 4.69) is 10.2 Å². The van der Waals surface area contributed by atoms with Crippen molar-refractivity contribution in [3.8, 4) is 0 Å². The number of halogens is 3. The first kappa shape index (κ1) is 22.2. The summed E-state index contributed by atoms with van der Waals surface area (Å²) in [6.45, 7) is 1.84. The molecule has 1 aliphatic carbocycles. The molecule has 2 N–H and O–H groups in total. The van der Waals surface area contributed by atoms with E-state index in [1.807, 2.05) is 12.1 Å². The number of carbonyl (C=O) groups is 1. The van der Waals surface area contributed by atoms with Gasteiger partial charge in [-0.05, 0) is 55.9 Å². The Morgan fingerprint density at radius 2 is 2.10 bits per heavy atom. The van der Waals surface area contributed by atoms with E-state index >= 15 is 0 Å². The van der Waals surface area contributed by atoms with Crippen molar-refractivity contribution in [1.82, 2.24) is 10.3 Å². The van der Waals surface area contributed by atoms with E-state index < -0.39 is 17.7 Å². The molecule has 8 heteroatoms. The normalized spacial score (nSPS) is 23.3. The van der Waals surface area contributed by atoms with Crippen molar-refractivity contribution in [3.05, 3.63) is 34.9 Å². The average Bonchev–Trinajstić information content (AvgIpc) is 3.21. The van der Waals surface area contributed by atoms with Crippen LogP contribution < -0.4 is 10.2 Å². The molecule has 0 bridgehead atoms. The summed E-state index contributed by atoms with van der Waals surface area (Å²) in [6.07, 6.45) is 3.37. The third-order valence-electron chi connectivity index (χ3n) is 6.60. The van der Waals surface area contributed by atoms with E-state index in [1.165, 1.54) is 0 Å². The van der Waals surface area contributed by atoms with Crippen LogP contribution in [0.2, 0.25) is 5.02 Å². The minimum Gasteiger partial charge on any atom is -0.396 e. The van der Waals surface area contributed by atoms with Gasteiger partial charge >= 0.3 is 0 Å². The standard InChI is InChI=1S/C23H28ClF2N3O2/c24-18-5-6-19-17(4-7-20(28-19)29-11-8-15(14-29)9-12-30)21(18)22(31)27-13-16-3-1-2-10-23(16,25)26/h4-7,15-16,30H,1-3,8-14H2,(H,27,31). The third kappa shape index (κ3) is 4.77. The van der Waals surface area contributed by atoms with Crippen LogP contribution in [0.4, 0.5) is 14.6 Å². The van der Waals surface area contributed by atoms with E-state index in [1.54, 1.807) is 12.1 Å². The fourth-order valence-electron chi connectivity index (χ4n) is 4.75. The average molecular weight is 452 g/mol. The maximum absolute atomic E-state index is 14.1. The first-order chi connectivity index (χ1) is 14.9. The Hall–Kier alpha value is -1.99. The van der Waals surface area contributed by atoms with Gasteiger partial charge in [0.2, 0.25) is 0 Å². The number of aliphatic hydroxyl groups is 1. The number of pyridine rings is 1. The maximum atomic E-state index is 14.1. The Morgan fingerprint density at radius 1 is 1.26 bits per heavy atom. The molecule has 2 unspecified atom stereocenters. The van der Waals surface area contributed by atoms with Crippen LogP contribution in [0.25, 0.3) is 10.9 Å². The predicted molar refractivity (Wildman–Crippen MR) is 118 cm³/mol. The predicted octanol–water partition coefficient (Wildman–Crippen LogP) is 4.65. The summed E-state index contributed by atoms with van der Waals surface area (Å²) in [5.74, 6) is -2.76. The summed E-state index contributed by atoms with van der Waals surface area (Å²) in [4.78, 5) is 19.8. The van der Waals surface area contributed by atoms with Crippen LogP contribution in [-0.2, 0) is 0 Å². The lowest BCUT2D eigenvalue weighted by Crippen LogP contribution is -2.40. The van der Waals surface area contributed by atoms with Crippen LogP contribution in [0.5, 0.6) is 0 Å². The number of aliphatic hydroxyl groups excluding tert-OH is 1. The van der Waals surface area contributed by atoms with Gasteiger partial charge in [-0.1, -0.05) is 18.0 Å². The lowest BCUT2D eigenvalue weighted by molar-refractivity contribution is -0.0835. The molecule has 0 radical (unpaired) electrons. The van der Waals surface area contributed by atoms with E-state index in [0.29, 0.717) is 29.7 Å². The van der Waals surface area contributed by atoms with Gasteiger partial charge in [-0.15, -0.1) is 0 Å². The highest BCUT2D eigenvalue weighted by atomic mass is 35.5. The summed E-state index contributed by atoms with van der Waals surface area (Å²) in [5.41, 5.74) is 0.914. The molecule has 168 valence electrons. The van der Waals surface area contributed by atoms with Crippen LogP contribution in [0, 0.1) is 11.8 Å². The zero-order valence-corrected chi connectivity index (χ0v) is 18.2. The number of nitrogens with one attached hydrogen (secondary N) is 1. The molecule has 1 amide bonds. The molecule has 2 atom stereocenters. The van der Waals surface area contributed by atoms with Gasteiger partial charge in [-0.25, -0.2) is 13.8 Å². The molecular weight excluding hydrogens is 424 g/mol. The third-order valence-corrected chi connectivity index (χ3v) is 6.91. The summed E-state index contributed by atoms with van der Waals surface area (Å²) in [7, 11) is 0. The summed E-state index contributed by atoms with van der Waals surface area (Å²) in [6, 6.07) is 7.09. The Balaban J connectivity index is 1.52. The van der Waals surface area contributed by atoms with Crippen molar-refractivity contribution in [3.63, 3.8) is 0 Å². The van der Waals surface area contributed by atoms with E-state index in [-0.39, 0.29) is 30.2 Å². The smallest absolute Gasteiger partial charge is 0.253 e. The monoisotopic (exact) mass is 451 g/mol. The highest BCUT2D eigenvalue weighted by Gasteiger charge is 2.41. The number of carbonyl (C=O) groups excluding carboxylic acids is 1. The molecule has 5 nitrogen and oxygen atoms in total. The SMILES string of the molecule is O=C(NCC1CCCCC1(F)F)c1c(Cl)ccc2nc(N3CCC(CCO)C3)ccc12. The molecule has 2 fully saturated rings. The number of hydrogen-bond acceptors (Lipinski definition) is 4. The van der Waals surface area contributed by atoms with Crippen LogP contribution in [0.15, 0.2) is 24.3 Å². The zero-order valence-electron chi connectivity index (χ0n) is 17.4. The molecule has 1 aromatic carbocycles. The first-order valence-electron chi connectivity index (χ1n) is 11.0. The van der Waals surface area contributed by atoms with Gasteiger partial charge in [-0.3, -0.25) is 4.79 Å². The van der Waals surface area contributed by atoms with Crippen LogP contribution in [-0.4, -0.2) is 48.2 Å². The number of nitrogens with zero attached hydrogens (tertiary/aromatic N) is 2. The highest BCUT2D eigenvalue weighted by molar-refractivity contribution is 6.35. The van der Waals surface area contributed by atoms with Gasteiger partial charge in [0.15, 0.2) is 0 Å². The largest absolute Gasteiger partial charge is 0.396 e. The minimum absolute atomic E-state index is 0.0654. The van der Waals surface area contributed by atoms with Gasteiger partial charge in [0.1, 0.15) is 5.82 Å². The first-order valence-corrected chi connectivity index (χ1v) is 11.4. The van der Waals surface area contributed by atoms with Crippen molar-refractivity contribution in [1.29, 1.82) is 0 Å². The molecule has 4 rings (SSSR count). The second-order valence-electron chi connectivity index (χ2n) is 8.69. The Bertz CT molecular complexity index is 956. The molecule has 31 heavy (non-hydrogen) atoms. The van der Waals surface area contributed by atoms with Crippen LogP contribution in [0.3, 0.4) is 0 Å². The van der Waals surface area contributed by atoms with Crippen LogP contribution in [0.1, 0.15) is 48.9 Å². The number of aromatic nitrogens is 1. The molecule has 0 spiro atoms. The molecule has 1 saturated carbocycles. The van der Waals surface area contributed by atoms with Crippen molar-refractivity contribution in [2.45, 2.75) is 44.4 Å².